The summed E-state index contributed by atoms with van der Waals surface area (Å²) in [4.78, 5) is 11.4. The number of primary sulfonamides is 1. The van der Waals surface area contributed by atoms with Crippen molar-refractivity contribution in [1.82, 2.24) is 0 Å². The summed E-state index contributed by atoms with van der Waals surface area (Å²) in [5.74, 6) is -2.53. The lowest BCUT2D eigenvalue weighted by Gasteiger charge is -2.10. The van der Waals surface area contributed by atoms with E-state index in [-0.39, 0.29) is 5.69 Å². The summed E-state index contributed by atoms with van der Waals surface area (Å²) in [6, 6.07) is 6.10. The van der Waals surface area contributed by atoms with E-state index in [9.17, 15) is 22.0 Å². The van der Waals surface area contributed by atoms with Gasteiger partial charge in [0.2, 0.25) is 10.0 Å². The standard InChI is InChI=1S/C15H14F2N2O3S/c1-8-5-11(14(17)13(6-8)23(18,21)22)15(20)19-10-3-4-12(16)9(2)7-10/h3-7H,1-2H3,(H,19,20)(H2,18,21,22). The van der Waals surface area contributed by atoms with Crippen LogP contribution in [0, 0.1) is 25.5 Å². The van der Waals surface area contributed by atoms with Gasteiger partial charge in [0, 0.05) is 5.69 Å². The van der Waals surface area contributed by atoms with Crippen molar-refractivity contribution in [3.05, 3.63) is 58.7 Å². The van der Waals surface area contributed by atoms with Gasteiger partial charge in [-0.2, -0.15) is 0 Å². The van der Waals surface area contributed by atoms with Gasteiger partial charge in [-0.15, -0.1) is 0 Å². The summed E-state index contributed by atoms with van der Waals surface area (Å²) in [6.07, 6.45) is 0. The van der Waals surface area contributed by atoms with Gasteiger partial charge in [0.15, 0.2) is 5.82 Å². The molecule has 23 heavy (non-hydrogen) atoms. The van der Waals surface area contributed by atoms with Crippen LogP contribution in [0.25, 0.3) is 0 Å². The maximum atomic E-state index is 14.3. The molecule has 0 aliphatic rings. The number of rotatable bonds is 3. The Balaban J connectivity index is 2.43. The van der Waals surface area contributed by atoms with Gasteiger partial charge in [0.25, 0.3) is 5.91 Å². The zero-order valence-electron chi connectivity index (χ0n) is 12.4. The fourth-order valence-corrected chi connectivity index (χ4v) is 2.74. The Morgan fingerprint density at radius 2 is 1.78 bits per heavy atom. The molecule has 0 aliphatic carbocycles. The van der Waals surface area contributed by atoms with Crippen molar-refractivity contribution in [2.75, 3.05) is 5.32 Å². The number of anilines is 1. The lowest BCUT2D eigenvalue weighted by atomic mass is 10.1. The summed E-state index contributed by atoms with van der Waals surface area (Å²) >= 11 is 0. The molecule has 0 saturated carbocycles. The van der Waals surface area contributed by atoms with E-state index in [4.69, 9.17) is 5.14 Å². The van der Waals surface area contributed by atoms with Gasteiger partial charge in [-0.1, -0.05) is 0 Å². The van der Waals surface area contributed by atoms with E-state index in [1.54, 1.807) is 0 Å². The second kappa shape index (κ2) is 6.05. The highest BCUT2D eigenvalue weighted by molar-refractivity contribution is 7.89. The zero-order chi connectivity index (χ0) is 17.4. The Kier molecular flexibility index (Phi) is 4.49. The molecule has 0 atom stereocenters. The van der Waals surface area contributed by atoms with Crippen LogP contribution >= 0.6 is 0 Å². The highest BCUT2D eigenvalue weighted by Gasteiger charge is 2.22. The molecule has 8 heteroatoms. The van der Waals surface area contributed by atoms with Crippen LogP contribution in [-0.4, -0.2) is 14.3 Å². The summed E-state index contributed by atoms with van der Waals surface area (Å²) in [5, 5.41) is 7.34. The molecule has 0 heterocycles. The molecule has 0 fully saturated rings. The largest absolute Gasteiger partial charge is 0.322 e. The summed E-state index contributed by atoms with van der Waals surface area (Å²) in [6.45, 7) is 3.02. The molecule has 0 saturated heterocycles. The van der Waals surface area contributed by atoms with E-state index in [2.05, 4.69) is 5.32 Å². The van der Waals surface area contributed by atoms with E-state index in [0.717, 1.165) is 12.1 Å². The van der Waals surface area contributed by atoms with Crippen molar-refractivity contribution in [2.24, 2.45) is 5.14 Å². The van der Waals surface area contributed by atoms with Crippen molar-refractivity contribution in [3.8, 4) is 0 Å². The van der Waals surface area contributed by atoms with Gasteiger partial charge in [0.05, 0.1) is 5.56 Å². The molecule has 5 nitrogen and oxygen atoms in total. The normalized spacial score (nSPS) is 11.3. The van der Waals surface area contributed by atoms with Crippen LogP contribution in [0.1, 0.15) is 21.5 Å². The zero-order valence-corrected chi connectivity index (χ0v) is 13.2. The van der Waals surface area contributed by atoms with E-state index < -0.39 is 38.0 Å². The monoisotopic (exact) mass is 340 g/mol. The average Bonchev–Trinajstić information content (AvgIpc) is 2.43. The van der Waals surface area contributed by atoms with Crippen LogP contribution in [-0.2, 0) is 10.0 Å². The molecule has 0 aliphatic heterocycles. The third-order valence-electron chi connectivity index (χ3n) is 3.15. The minimum absolute atomic E-state index is 0.256. The molecule has 0 bridgehead atoms. The third kappa shape index (κ3) is 3.72. The van der Waals surface area contributed by atoms with Gasteiger partial charge in [-0.3, -0.25) is 4.79 Å². The average molecular weight is 340 g/mol. The second-order valence-electron chi connectivity index (χ2n) is 5.09. The third-order valence-corrected chi connectivity index (χ3v) is 4.06. The van der Waals surface area contributed by atoms with Crippen LogP contribution in [0.3, 0.4) is 0 Å². The van der Waals surface area contributed by atoms with Crippen LogP contribution in [0.4, 0.5) is 14.5 Å². The Morgan fingerprint density at radius 1 is 1.13 bits per heavy atom. The Labute approximate surface area is 132 Å². The Morgan fingerprint density at radius 3 is 2.35 bits per heavy atom. The first-order valence-electron chi connectivity index (χ1n) is 6.50. The van der Waals surface area contributed by atoms with Gasteiger partial charge in [0.1, 0.15) is 10.7 Å². The highest BCUT2D eigenvalue weighted by Crippen LogP contribution is 2.21. The second-order valence-corrected chi connectivity index (χ2v) is 6.62. The van der Waals surface area contributed by atoms with Gasteiger partial charge < -0.3 is 5.32 Å². The number of carbonyl (C=O) groups excluding carboxylic acids is 1. The van der Waals surface area contributed by atoms with Crippen molar-refractivity contribution in [3.63, 3.8) is 0 Å². The number of carbonyl (C=O) groups is 1. The molecule has 2 rings (SSSR count). The first-order valence-corrected chi connectivity index (χ1v) is 8.04. The summed E-state index contributed by atoms with van der Waals surface area (Å²) in [7, 11) is -4.30. The summed E-state index contributed by atoms with van der Waals surface area (Å²) < 4.78 is 50.2. The molecular formula is C15H14F2N2O3S. The van der Waals surface area contributed by atoms with Crippen molar-refractivity contribution in [2.45, 2.75) is 18.7 Å². The van der Waals surface area contributed by atoms with E-state index >= 15 is 0 Å². The molecule has 122 valence electrons. The number of benzene rings is 2. The smallest absolute Gasteiger partial charge is 0.258 e. The number of hydrogen-bond donors (Lipinski definition) is 2. The topological polar surface area (TPSA) is 89.3 Å². The maximum Gasteiger partial charge on any atom is 0.258 e. The lowest BCUT2D eigenvalue weighted by Crippen LogP contribution is -2.19. The van der Waals surface area contributed by atoms with Gasteiger partial charge >= 0.3 is 0 Å². The lowest BCUT2D eigenvalue weighted by molar-refractivity contribution is 0.102. The number of hydrogen-bond acceptors (Lipinski definition) is 3. The predicted molar refractivity (Wildman–Crippen MR) is 81.6 cm³/mol. The molecule has 0 aromatic heterocycles. The van der Waals surface area contributed by atoms with Crippen molar-refractivity contribution >= 4 is 21.6 Å². The molecule has 0 radical (unpaired) electrons. The minimum atomic E-state index is -4.30. The molecule has 1 amide bonds. The number of aryl methyl sites for hydroxylation is 2. The molecule has 0 spiro atoms. The number of amides is 1. The number of nitrogens with one attached hydrogen (secondary N) is 1. The number of nitrogens with two attached hydrogens (primary N) is 1. The fraction of sp³-hybridized carbons (Fsp3) is 0.133. The fourth-order valence-electron chi connectivity index (χ4n) is 2.03. The van der Waals surface area contributed by atoms with Gasteiger partial charge in [-0.25, -0.2) is 22.3 Å². The Bertz CT molecular complexity index is 896. The minimum Gasteiger partial charge on any atom is -0.322 e. The molecule has 3 N–H and O–H groups in total. The SMILES string of the molecule is Cc1cc(C(=O)Nc2ccc(F)c(C)c2)c(F)c(S(N)(=O)=O)c1. The van der Waals surface area contributed by atoms with E-state index in [1.807, 2.05) is 0 Å². The van der Waals surface area contributed by atoms with Crippen LogP contribution in [0.2, 0.25) is 0 Å². The first-order chi connectivity index (χ1) is 10.6. The number of halogens is 2. The molecule has 0 unspecified atom stereocenters. The van der Waals surface area contributed by atoms with Crippen LogP contribution in [0.15, 0.2) is 35.2 Å². The predicted octanol–water partition coefficient (Wildman–Crippen LogP) is 2.48. The van der Waals surface area contributed by atoms with E-state index in [1.165, 1.54) is 32.0 Å². The van der Waals surface area contributed by atoms with Crippen molar-refractivity contribution < 1.29 is 22.0 Å². The maximum absolute atomic E-state index is 14.3. The highest BCUT2D eigenvalue weighted by atomic mass is 32.2. The van der Waals surface area contributed by atoms with Crippen molar-refractivity contribution in [1.29, 1.82) is 0 Å². The molecule has 2 aromatic rings. The number of sulfonamides is 1. The van der Waals surface area contributed by atoms with Gasteiger partial charge in [-0.05, 0) is 55.3 Å². The quantitative estimate of drug-likeness (QED) is 0.899. The Hall–Kier alpha value is -2.32. The summed E-state index contributed by atoms with van der Waals surface area (Å²) in [5.41, 5.74) is 0.455. The van der Waals surface area contributed by atoms with Crippen LogP contribution in [0.5, 0.6) is 0 Å². The van der Waals surface area contributed by atoms with Crippen LogP contribution < -0.4 is 10.5 Å². The first kappa shape index (κ1) is 17.0. The molecular weight excluding hydrogens is 326 g/mol. The molecule has 2 aromatic carbocycles. The van der Waals surface area contributed by atoms with E-state index in [0.29, 0.717) is 11.1 Å².